The van der Waals surface area contributed by atoms with Gasteiger partial charge in [0.1, 0.15) is 0 Å². The van der Waals surface area contributed by atoms with Crippen LogP contribution in [0.25, 0.3) is 0 Å². The van der Waals surface area contributed by atoms with E-state index < -0.39 is 0 Å². The number of benzene rings is 1. The van der Waals surface area contributed by atoms with E-state index in [4.69, 9.17) is 5.73 Å². The Balaban J connectivity index is 1.74. The zero-order valence-electron chi connectivity index (χ0n) is 10.3. The van der Waals surface area contributed by atoms with Crippen LogP contribution in [0.2, 0.25) is 0 Å². The van der Waals surface area contributed by atoms with E-state index in [1.165, 1.54) is 29.5 Å². The summed E-state index contributed by atoms with van der Waals surface area (Å²) >= 11 is 0. The molecule has 0 aliphatic heterocycles. The summed E-state index contributed by atoms with van der Waals surface area (Å²) in [4.78, 5) is 0. The molecular formula is C14H22N2. The maximum atomic E-state index is 5.76. The molecule has 3 N–H and O–H groups in total. The zero-order valence-corrected chi connectivity index (χ0v) is 10.3. The van der Waals surface area contributed by atoms with Gasteiger partial charge in [-0.1, -0.05) is 18.2 Å². The van der Waals surface area contributed by atoms with Gasteiger partial charge in [0.15, 0.2) is 0 Å². The first-order valence-corrected chi connectivity index (χ1v) is 6.17. The molecule has 1 aromatic carbocycles. The van der Waals surface area contributed by atoms with Crippen LogP contribution in [0, 0.1) is 19.8 Å². The fourth-order valence-corrected chi connectivity index (χ4v) is 2.29. The van der Waals surface area contributed by atoms with Crippen molar-refractivity contribution < 1.29 is 0 Å². The van der Waals surface area contributed by atoms with Crippen LogP contribution in [-0.4, -0.2) is 12.6 Å². The topological polar surface area (TPSA) is 38.0 Å². The molecule has 0 aromatic heterocycles. The Hall–Kier alpha value is -0.860. The number of nitrogens with one attached hydrogen (secondary N) is 1. The van der Waals surface area contributed by atoms with Crippen molar-refractivity contribution in [2.75, 3.05) is 6.54 Å². The van der Waals surface area contributed by atoms with E-state index in [2.05, 4.69) is 37.4 Å². The molecule has 0 radical (unpaired) electrons. The molecule has 0 saturated heterocycles. The molecule has 1 aliphatic carbocycles. The van der Waals surface area contributed by atoms with Crippen LogP contribution in [0.15, 0.2) is 18.2 Å². The minimum absolute atomic E-state index is 0.466. The highest BCUT2D eigenvalue weighted by Gasteiger charge is 2.24. The predicted octanol–water partition coefficient (Wildman–Crippen LogP) is 2.13. The Morgan fingerprint density at radius 3 is 2.62 bits per heavy atom. The summed E-state index contributed by atoms with van der Waals surface area (Å²) in [6, 6.07) is 7.15. The molecule has 2 nitrogen and oxygen atoms in total. The van der Waals surface area contributed by atoms with E-state index in [1.807, 2.05) is 0 Å². The molecule has 0 atom stereocenters. The highest BCUT2D eigenvalue weighted by Crippen LogP contribution is 2.24. The zero-order chi connectivity index (χ0) is 11.5. The molecule has 1 aliphatic rings. The van der Waals surface area contributed by atoms with Crippen molar-refractivity contribution >= 4 is 0 Å². The van der Waals surface area contributed by atoms with Crippen molar-refractivity contribution in [2.45, 2.75) is 39.3 Å². The van der Waals surface area contributed by atoms with Gasteiger partial charge < -0.3 is 11.1 Å². The number of hydrogen-bond donors (Lipinski definition) is 2. The summed E-state index contributed by atoms with van der Waals surface area (Å²) in [5.41, 5.74) is 9.89. The molecule has 88 valence electrons. The van der Waals surface area contributed by atoms with Crippen molar-refractivity contribution in [3.63, 3.8) is 0 Å². The van der Waals surface area contributed by atoms with Gasteiger partial charge in [-0.2, -0.15) is 0 Å². The molecule has 0 unspecified atom stereocenters. The Bertz CT molecular complexity index is 354. The molecule has 0 spiro atoms. The van der Waals surface area contributed by atoms with Crippen molar-refractivity contribution in [3.8, 4) is 0 Å². The van der Waals surface area contributed by atoms with Crippen LogP contribution in [-0.2, 0) is 6.54 Å². The van der Waals surface area contributed by atoms with Crippen molar-refractivity contribution in [1.82, 2.24) is 5.32 Å². The lowest BCUT2D eigenvalue weighted by Crippen LogP contribution is -2.41. The van der Waals surface area contributed by atoms with Crippen LogP contribution < -0.4 is 11.1 Å². The van der Waals surface area contributed by atoms with E-state index in [-0.39, 0.29) is 0 Å². The molecule has 1 aromatic rings. The minimum Gasteiger partial charge on any atom is -0.328 e. The van der Waals surface area contributed by atoms with Gasteiger partial charge in [-0.25, -0.2) is 0 Å². The first kappa shape index (κ1) is 11.6. The predicted molar refractivity (Wildman–Crippen MR) is 68.3 cm³/mol. The van der Waals surface area contributed by atoms with Gasteiger partial charge in [-0.05, 0) is 55.8 Å². The average Bonchev–Trinajstić information content (AvgIpc) is 2.21. The fourth-order valence-electron chi connectivity index (χ4n) is 2.29. The number of nitrogens with two attached hydrogens (primary N) is 1. The maximum Gasteiger partial charge on any atom is 0.0205 e. The first-order valence-electron chi connectivity index (χ1n) is 6.17. The van der Waals surface area contributed by atoms with Gasteiger partial charge in [0, 0.05) is 12.6 Å². The van der Waals surface area contributed by atoms with Crippen molar-refractivity contribution in [2.24, 2.45) is 11.7 Å². The van der Waals surface area contributed by atoms with E-state index in [9.17, 15) is 0 Å². The third-order valence-electron chi connectivity index (χ3n) is 3.61. The van der Waals surface area contributed by atoms with Crippen molar-refractivity contribution in [1.29, 1.82) is 0 Å². The Labute approximate surface area is 98.2 Å². The monoisotopic (exact) mass is 218 g/mol. The van der Waals surface area contributed by atoms with E-state index in [0.29, 0.717) is 6.04 Å². The van der Waals surface area contributed by atoms with Crippen LogP contribution in [0.4, 0.5) is 0 Å². The summed E-state index contributed by atoms with van der Waals surface area (Å²) < 4.78 is 0. The molecule has 0 amide bonds. The number of hydrogen-bond acceptors (Lipinski definition) is 2. The molecule has 2 heteroatoms. The second-order valence-corrected chi connectivity index (χ2v) is 5.15. The van der Waals surface area contributed by atoms with Gasteiger partial charge in [-0.3, -0.25) is 0 Å². The third-order valence-corrected chi connectivity index (χ3v) is 3.61. The second-order valence-electron chi connectivity index (χ2n) is 5.15. The Kier molecular flexibility index (Phi) is 3.62. The first-order chi connectivity index (χ1) is 7.65. The standard InChI is InChI=1S/C14H22N2/c1-10-3-4-12(5-11(10)2)8-16-9-13-6-14(15)7-13/h3-5,13-14,16H,6-9,15H2,1-2H3. The molecule has 1 saturated carbocycles. The van der Waals surface area contributed by atoms with Crippen LogP contribution in [0.3, 0.4) is 0 Å². The molecule has 0 heterocycles. The van der Waals surface area contributed by atoms with Crippen LogP contribution in [0.1, 0.15) is 29.5 Å². The lowest BCUT2D eigenvalue weighted by atomic mass is 9.81. The summed E-state index contributed by atoms with van der Waals surface area (Å²) in [5, 5.41) is 3.52. The summed E-state index contributed by atoms with van der Waals surface area (Å²) in [6.07, 6.45) is 2.39. The van der Waals surface area contributed by atoms with Crippen LogP contribution in [0.5, 0.6) is 0 Å². The summed E-state index contributed by atoms with van der Waals surface area (Å²) in [6.45, 7) is 6.42. The smallest absolute Gasteiger partial charge is 0.0205 e. The summed E-state index contributed by atoms with van der Waals surface area (Å²) in [7, 11) is 0. The van der Waals surface area contributed by atoms with Crippen LogP contribution >= 0.6 is 0 Å². The average molecular weight is 218 g/mol. The SMILES string of the molecule is Cc1ccc(CNCC2CC(N)C2)cc1C. The Morgan fingerprint density at radius 2 is 2.00 bits per heavy atom. The second kappa shape index (κ2) is 4.98. The van der Waals surface area contributed by atoms with Crippen molar-refractivity contribution in [3.05, 3.63) is 34.9 Å². The summed E-state index contributed by atoms with van der Waals surface area (Å²) in [5.74, 6) is 0.807. The highest BCUT2D eigenvalue weighted by molar-refractivity contribution is 5.29. The molecule has 0 bridgehead atoms. The fraction of sp³-hybridized carbons (Fsp3) is 0.571. The lowest BCUT2D eigenvalue weighted by Gasteiger charge is -2.32. The van der Waals surface area contributed by atoms with Gasteiger partial charge >= 0.3 is 0 Å². The maximum absolute atomic E-state index is 5.76. The van der Waals surface area contributed by atoms with E-state index in [0.717, 1.165) is 19.0 Å². The third kappa shape index (κ3) is 2.83. The van der Waals surface area contributed by atoms with Gasteiger partial charge in [0.05, 0.1) is 0 Å². The number of aryl methyl sites for hydroxylation is 2. The minimum atomic E-state index is 0.466. The quantitative estimate of drug-likeness (QED) is 0.812. The number of rotatable bonds is 4. The lowest BCUT2D eigenvalue weighted by molar-refractivity contribution is 0.256. The van der Waals surface area contributed by atoms with E-state index in [1.54, 1.807) is 0 Å². The largest absolute Gasteiger partial charge is 0.328 e. The highest BCUT2D eigenvalue weighted by atomic mass is 14.9. The van der Waals surface area contributed by atoms with E-state index >= 15 is 0 Å². The molecule has 2 rings (SSSR count). The molecule has 16 heavy (non-hydrogen) atoms. The molecular weight excluding hydrogens is 196 g/mol. The van der Waals surface area contributed by atoms with Gasteiger partial charge in [0.2, 0.25) is 0 Å². The Morgan fingerprint density at radius 1 is 1.25 bits per heavy atom. The van der Waals surface area contributed by atoms with Gasteiger partial charge in [0.25, 0.3) is 0 Å². The normalized spacial score (nSPS) is 24.2. The van der Waals surface area contributed by atoms with Gasteiger partial charge in [-0.15, -0.1) is 0 Å². The molecule has 1 fully saturated rings.